The largest absolute Gasteiger partial charge is 0.450 e. The van der Waals surface area contributed by atoms with E-state index in [1.165, 1.54) is 0 Å². The summed E-state index contributed by atoms with van der Waals surface area (Å²) in [5.74, 6) is -29.9. The molecule has 0 aliphatic carbocycles. The number of rotatable bonds is 0. The van der Waals surface area contributed by atoms with Crippen molar-refractivity contribution in [1.82, 2.24) is 0 Å². The van der Waals surface area contributed by atoms with Crippen LogP contribution in [0.25, 0.3) is 0 Å². The Morgan fingerprint density at radius 3 is 1.08 bits per heavy atom. The second-order valence-corrected chi connectivity index (χ2v) is 4.60. The number of hydrogen-bond donors (Lipinski definition) is 0. The molecule has 0 amide bonds. The summed E-state index contributed by atoms with van der Waals surface area (Å²) in [5.41, 5.74) is -4.65. The fourth-order valence-electron chi connectivity index (χ4n) is 2.20. The highest BCUT2D eigenvalue weighted by Crippen LogP contribution is 2.54. The predicted molar refractivity (Wildman–Crippen MR) is 55.6 cm³/mol. The zero-order valence-corrected chi connectivity index (χ0v) is 10.7. The van der Waals surface area contributed by atoms with Gasteiger partial charge in [-0.15, -0.1) is 0 Å². The lowest BCUT2D eigenvalue weighted by molar-refractivity contribution is 0.0194. The van der Waals surface area contributed by atoms with E-state index in [4.69, 9.17) is 0 Å². The minimum absolute atomic E-state index is 2.02. The summed E-state index contributed by atoms with van der Waals surface area (Å²) in [4.78, 5) is 0. The molecular formula is C13F10O. The predicted octanol–water partition coefficient (Wildman–Crippen LogP) is 5.05. The van der Waals surface area contributed by atoms with Crippen LogP contribution in [0.5, 0.6) is 11.5 Å². The van der Waals surface area contributed by atoms with Crippen LogP contribution in [-0.2, 0) is 5.92 Å². The van der Waals surface area contributed by atoms with Crippen molar-refractivity contribution >= 4 is 0 Å². The Hall–Kier alpha value is -2.46. The third-order valence-electron chi connectivity index (χ3n) is 3.28. The van der Waals surface area contributed by atoms with Gasteiger partial charge in [-0.3, -0.25) is 0 Å². The molecule has 0 fully saturated rings. The third-order valence-corrected chi connectivity index (χ3v) is 3.28. The zero-order valence-electron chi connectivity index (χ0n) is 10.7. The van der Waals surface area contributed by atoms with E-state index in [1.807, 2.05) is 0 Å². The highest BCUT2D eigenvalue weighted by molar-refractivity contribution is 5.57. The highest BCUT2D eigenvalue weighted by atomic mass is 19.3. The quantitative estimate of drug-likeness (QED) is 0.362. The first-order chi connectivity index (χ1) is 11.0. The van der Waals surface area contributed by atoms with Gasteiger partial charge >= 0.3 is 5.92 Å². The van der Waals surface area contributed by atoms with E-state index >= 15 is 0 Å². The number of hydrogen-bond acceptors (Lipinski definition) is 1. The molecule has 1 heterocycles. The molecule has 1 aliphatic heterocycles. The van der Waals surface area contributed by atoms with Crippen molar-refractivity contribution in [3.63, 3.8) is 0 Å². The Bertz CT molecular complexity index is 834. The SMILES string of the molecule is Fc1c(F)c(F)c2c(c1F)Oc1c(F)c(F)c(F)c(F)c1C2(F)F. The molecule has 2 aromatic carbocycles. The lowest BCUT2D eigenvalue weighted by atomic mass is 9.93. The van der Waals surface area contributed by atoms with E-state index in [1.54, 1.807) is 0 Å². The van der Waals surface area contributed by atoms with Crippen LogP contribution in [0.15, 0.2) is 0 Å². The van der Waals surface area contributed by atoms with Crippen LogP contribution in [0.1, 0.15) is 11.1 Å². The molecule has 0 saturated carbocycles. The van der Waals surface area contributed by atoms with Gasteiger partial charge in [-0.05, 0) is 0 Å². The Morgan fingerprint density at radius 1 is 0.458 bits per heavy atom. The van der Waals surface area contributed by atoms with Gasteiger partial charge in [0.2, 0.25) is 23.3 Å². The Labute approximate surface area is 125 Å². The molecule has 0 spiro atoms. The standard InChI is InChI=1S/C13F10O/c14-3-1-11(9(20)7(18)5(3)16)24-12-2(13(1,22)23)4(15)6(17)8(19)10(12)21. The van der Waals surface area contributed by atoms with Crippen molar-refractivity contribution in [1.29, 1.82) is 0 Å². The van der Waals surface area contributed by atoms with Crippen molar-refractivity contribution in [3.05, 3.63) is 57.7 Å². The lowest BCUT2D eigenvalue weighted by Gasteiger charge is -2.29. The lowest BCUT2D eigenvalue weighted by Crippen LogP contribution is -2.28. The number of halogens is 10. The molecule has 3 rings (SSSR count). The second kappa shape index (κ2) is 4.77. The number of ether oxygens (including phenoxy) is 1. The molecule has 0 bridgehead atoms. The van der Waals surface area contributed by atoms with Crippen molar-refractivity contribution in [2.24, 2.45) is 0 Å². The van der Waals surface area contributed by atoms with Gasteiger partial charge in [0.25, 0.3) is 0 Å². The maximum absolute atomic E-state index is 14.2. The molecule has 2 aromatic rings. The summed E-state index contributed by atoms with van der Waals surface area (Å²) >= 11 is 0. The fourth-order valence-corrected chi connectivity index (χ4v) is 2.20. The summed E-state index contributed by atoms with van der Waals surface area (Å²) in [5, 5.41) is 0. The molecule has 128 valence electrons. The molecule has 1 aliphatic rings. The Morgan fingerprint density at radius 2 is 0.750 bits per heavy atom. The normalized spacial score (nSPS) is 14.9. The minimum Gasteiger partial charge on any atom is -0.450 e. The summed E-state index contributed by atoms with van der Waals surface area (Å²) in [6.45, 7) is 0. The third kappa shape index (κ3) is 1.77. The summed E-state index contributed by atoms with van der Waals surface area (Å²) in [7, 11) is 0. The Kier molecular flexibility index (Phi) is 3.26. The minimum atomic E-state index is -5.10. The van der Waals surface area contributed by atoms with E-state index in [-0.39, 0.29) is 0 Å². The maximum atomic E-state index is 14.2. The Balaban J connectivity index is 2.49. The van der Waals surface area contributed by atoms with E-state index in [2.05, 4.69) is 4.74 Å². The summed E-state index contributed by atoms with van der Waals surface area (Å²) < 4.78 is 139. The topological polar surface area (TPSA) is 9.23 Å². The molecule has 0 saturated heterocycles. The van der Waals surface area contributed by atoms with Gasteiger partial charge in [-0.2, -0.15) is 17.6 Å². The van der Waals surface area contributed by atoms with Gasteiger partial charge in [0.05, 0.1) is 0 Å². The van der Waals surface area contributed by atoms with Crippen LogP contribution in [0.4, 0.5) is 43.9 Å². The molecule has 0 radical (unpaired) electrons. The summed E-state index contributed by atoms with van der Waals surface area (Å²) in [6.07, 6.45) is 0. The molecule has 0 unspecified atom stereocenters. The maximum Gasteiger partial charge on any atom is 0.311 e. The van der Waals surface area contributed by atoms with Crippen LogP contribution < -0.4 is 4.74 Å². The van der Waals surface area contributed by atoms with E-state index in [0.29, 0.717) is 0 Å². The number of benzene rings is 2. The van der Waals surface area contributed by atoms with Gasteiger partial charge in [0, 0.05) is 0 Å². The number of fused-ring (bicyclic) bond motifs is 2. The van der Waals surface area contributed by atoms with Crippen molar-refractivity contribution in [2.45, 2.75) is 5.92 Å². The van der Waals surface area contributed by atoms with Crippen molar-refractivity contribution < 1.29 is 48.6 Å². The van der Waals surface area contributed by atoms with Crippen LogP contribution >= 0.6 is 0 Å². The molecule has 0 atom stereocenters. The first-order valence-electron chi connectivity index (χ1n) is 5.80. The first-order valence-corrected chi connectivity index (χ1v) is 5.80. The smallest absolute Gasteiger partial charge is 0.311 e. The van der Waals surface area contributed by atoms with Crippen molar-refractivity contribution in [3.8, 4) is 11.5 Å². The van der Waals surface area contributed by atoms with Crippen molar-refractivity contribution in [2.75, 3.05) is 0 Å². The van der Waals surface area contributed by atoms with Gasteiger partial charge in [-0.1, -0.05) is 0 Å². The van der Waals surface area contributed by atoms with E-state index in [0.717, 1.165) is 0 Å². The van der Waals surface area contributed by atoms with Crippen LogP contribution in [0.2, 0.25) is 0 Å². The molecule has 11 heteroatoms. The van der Waals surface area contributed by atoms with Crippen LogP contribution in [0.3, 0.4) is 0 Å². The molecule has 1 nitrogen and oxygen atoms in total. The molecule has 0 N–H and O–H groups in total. The monoisotopic (exact) mass is 362 g/mol. The second-order valence-electron chi connectivity index (χ2n) is 4.60. The van der Waals surface area contributed by atoms with Gasteiger partial charge < -0.3 is 4.74 Å². The summed E-state index contributed by atoms with van der Waals surface area (Å²) in [6, 6.07) is 0. The van der Waals surface area contributed by atoms with E-state index in [9.17, 15) is 43.9 Å². The van der Waals surface area contributed by atoms with Crippen LogP contribution in [0, 0.1) is 46.5 Å². The van der Waals surface area contributed by atoms with Gasteiger partial charge in [-0.25, -0.2) is 26.3 Å². The average Bonchev–Trinajstić information content (AvgIpc) is 2.52. The van der Waals surface area contributed by atoms with Crippen LogP contribution in [-0.4, -0.2) is 0 Å². The highest BCUT2D eigenvalue weighted by Gasteiger charge is 2.53. The zero-order chi connectivity index (χ0) is 18.1. The van der Waals surface area contributed by atoms with Gasteiger partial charge in [0.15, 0.2) is 34.8 Å². The average molecular weight is 362 g/mol. The molecule has 24 heavy (non-hydrogen) atoms. The first kappa shape index (κ1) is 16.4. The molecular weight excluding hydrogens is 362 g/mol. The number of alkyl halides is 2. The molecule has 0 aromatic heterocycles. The van der Waals surface area contributed by atoms with E-state index < -0.39 is 75.1 Å². The fraction of sp³-hybridized carbons (Fsp3) is 0.0769. The van der Waals surface area contributed by atoms with Gasteiger partial charge in [0.1, 0.15) is 11.1 Å².